The third kappa shape index (κ3) is 7.03. The molecule has 0 aliphatic carbocycles. The van der Waals surface area contributed by atoms with Gasteiger partial charge >= 0.3 is 0 Å². The number of hydrogen-bond donors (Lipinski definition) is 2. The molecule has 0 bridgehead atoms. The maximum absolute atomic E-state index is 11.8. The fourth-order valence-electron chi connectivity index (χ4n) is 1.71. The third-order valence-corrected chi connectivity index (χ3v) is 4.43. The fraction of sp³-hybridized carbons (Fsp3) is 0.600. The molecule has 1 atom stereocenters. The van der Waals surface area contributed by atoms with Crippen LogP contribution in [0, 0.1) is 5.41 Å². The van der Waals surface area contributed by atoms with Crippen LogP contribution in [0.4, 0.5) is 0 Å². The van der Waals surface area contributed by atoms with Crippen LogP contribution in [-0.4, -0.2) is 25.8 Å². The molecule has 0 aliphatic heterocycles. The number of aliphatic hydroxyl groups is 1. The second-order valence-corrected chi connectivity index (χ2v) is 8.17. The van der Waals surface area contributed by atoms with E-state index in [4.69, 9.17) is 0 Å². The van der Waals surface area contributed by atoms with Crippen molar-refractivity contribution < 1.29 is 13.5 Å². The van der Waals surface area contributed by atoms with Crippen molar-refractivity contribution in [2.75, 3.05) is 12.3 Å². The van der Waals surface area contributed by atoms with Crippen LogP contribution >= 0.6 is 0 Å². The molecular formula is C15H25NO3S. The Labute approximate surface area is 122 Å². The molecule has 0 amide bonds. The first kappa shape index (κ1) is 17.1. The van der Waals surface area contributed by atoms with Gasteiger partial charge in [-0.15, -0.1) is 0 Å². The molecule has 0 radical (unpaired) electrons. The van der Waals surface area contributed by atoms with E-state index in [2.05, 4.69) is 4.72 Å². The molecule has 1 aromatic carbocycles. The van der Waals surface area contributed by atoms with Crippen molar-refractivity contribution in [2.45, 2.75) is 39.7 Å². The summed E-state index contributed by atoms with van der Waals surface area (Å²) < 4.78 is 26.1. The highest BCUT2D eigenvalue weighted by Crippen LogP contribution is 2.19. The molecular weight excluding hydrogens is 274 g/mol. The second-order valence-electron chi connectivity index (χ2n) is 6.24. The quantitative estimate of drug-likeness (QED) is 0.813. The van der Waals surface area contributed by atoms with Crippen molar-refractivity contribution in [3.63, 3.8) is 0 Å². The van der Waals surface area contributed by atoms with Gasteiger partial charge in [0.05, 0.1) is 11.9 Å². The Balaban J connectivity index is 2.36. The van der Waals surface area contributed by atoms with Crippen molar-refractivity contribution in [3.8, 4) is 0 Å². The minimum absolute atomic E-state index is 0.00168. The molecule has 0 aliphatic rings. The number of nitrogens with one attached hydrogen (secondary N) is 1. The van der Waals surface area contributed by atoms with Crippen LogP contribution in [0.25, 0.3) is 0 Å². The molecule has 1 aromatic rings. The predicted octanol–water partition coefficient (Wildman–Crippen LogP) is 2.47. The zero-order valence-corrected chi connectivity index (χ0v) is 13.3. The Kier molecular flexibility index (Phi) is 6.17. The summed E-state index contributed by atoms with van der Waals surface area (Å²) >= 11 is 0. The predicted molar refractivity (Wildman–Crippen MR) is 81.9 cm³/mol. The monoisotopic (exact) mass is 299 g/mol. The highest BCUT2D eigenvalue weighted by atomic mass is 32.2. The van der Waals surface area contributed by atoms with E-state index in [0.29, 0.717) is 12.8 Å². The average molecular weight is 299 g/mol. The Morgan fingerprint density at radius 1 is 1.20 bits per heavy atom. The van der Waals surface area contributed by atoms with Crippen LogP contribution in [0.1, 0.15) is 45.3 Å². The first-order valence-electron chi connectivity index (χ1n) is 6.90. The lowest BCUT2D eigenvalue weighted by molar-refractivity contribution is 0.169. The summed E-state index contributed by atoms with van der Waals surface area (Å²) in [5, 5.41) is 9.94. The number of rotatable bonds is 7. The second kappa shape index (κ2) is 7.20. The van der Waals surface area contributed by atoms with E-state index >= 15 is 0 Å². The van der Waals surface area contributed by atoms with Crippen molar-refractivity contribution in [3.05, 3.63) is 35.9 Å². The van der Waals surface area contributed by atoms with Gasteiger partial charge in [0.1, 0.15) is 0 Å². The minimum Gasteiger partial charge on any atom is -0.388 e. The van der Waals surface area contributed by atoms with Crippen LogP contribution < -0.4 is 4.72 Å². The summed E-state index contributed by atoms with van der Waals surface area (Å²) in [4.78, 5) is 0. The molecule has 2 N–H and O–H groups in total. The van der Waals surface area contributed by atoms with Gasteiger partial charge in [0.2, 0.25) is 10.0 Å². The molecule has 0 saturated heterocycles. The van der Waals surface area contributed by atoms with E-state index < -0.39 is 16.1 Å². The average Bonchev–Trinajstić information content (AvgIpc) is 2.37. The van der Waals surface area contributed by atoms with Gasteiger partial charge in [-0.25, -0.2) is 13.1 Å². The first-order chi connectivity index (χ1) is 9.20. The Morgan fingerprint density at radius 3 is 2.35 bits per heavy atom. The van der Waals surface area contributed by atoms with E-state index in [1.54, 1.807) is 0 Å². The zero-order chi connectivity index (χ0) is 15.2. The lowest BCUT2D eigenvalue weighted by Gasteiger charge is -2.18. The fourth-order valence-corrected chi connectivity index (χ4v) is 3.16. The topological polar surface area (TPSA) is 66.4 Å². The maximum atomic E-state index is 11.8. The first-order valence-corrected chi connectivity index (χ1v) is 8.55. The van der Waals surface area contributed by atoms with Gasteiger partial charge in [-0.05, 0) is 23.8 Å². The van der Waals surface area contributed by atoms with Gasteiger partial charge in [0.25, 0.3) is 0 Å². The molecule has 114 valence electrons. The van der Waals surface area contributed by atoms with Crippen LogP contribution in [0.15, 0.2) is 30.3 Å². The number of benzene rings is 1. The lowest BCUT2D eigenvalue weighted by atomic mass is 9.94. The van der Waals surface area contributed by atoms with Crippen LogP contribution in [0.3, 0.4) is 0 Å². The van der Waals surface area contributed by atoms with Crippen LogP contribution in [0.5, 0.6) is 0 Å². The normalized spacial score (nSPS) is 14.2. The van der Waals surface area contributed by atoms with Gasteiger partial charge in [0, 0.05) is 6.54 Å². The summed E-state index contributed by atoms with van der Waals surface area (Å²) in [6, 6.07) is 9.25. The summed E-state index contributed by atoms with van der Waals surface area (Å²) in [5.74, 6) is 0.123. The van der Waals surface area contributed by atoms with Crippen molar-refractivity contribution in [2.24, 2.45) is 5.41 Å². The molecule has 0 heterocycles. The summed E-state index contributed by atoms with van der Waals surface area (Å²) in [6.07, 6.45) is 0.351. The van der Waals surface area contributed by atoms with E-state index in [9.17, 15) is 13.5 Å². The molecule has 5 heteroatoms. The number of sulfonamides is 1. The van der Waals surface area contributed by atoms with Gasteiger partial charge in [0.15, 0.2) is 0 Å². The highest BCUT2D eigenvalue weighted by molar-refractivity contribution is 7.89. The molecule has 0 aromatic heterocycles. The molecule has 1 rings (SSSR count). The molecule has 1 unspecified atom stereocenters. The van der Waals surface area contributed by atoms with Crippen LogP contribution in [-0.2, 0) is 10.0 Å². The Hall–Kier alpha value is -0.910. The summed E-state index contributed by atoms with van der Waals surface area (Å²) in [5.41, 5.74) is 0.805. The zero-order valence-electron chi connectivity index (χ0n) is 12.5. The smallest absolute Gasteiger partial charge is 0.211 e. The molecule has 0 spiro atoms. The minimum atomic E-state index is -3.25. The standard InChI is InChI=1S/C15H25NO3S/c1-15(2,3)10-12-20(18,19)16-11-9-14(17)13-7-5-4-6-8-13/h4-8,14,16-17H,9-12H2,1-3H3. The maximum Gasteiger partial charge on any atom is 0.211 e. The van der Waals surface area contributed by atoms with E-state index in [1.165, 1.54) is 0 Å². The van der Waals surface area contributed by atoms with Crippen molar-refractivity contribution >= 4 is 10.0 Å². The molecule has 4 nitrogen and oxygen atoms in total. The van der Waals surface area contributed by atoms with Gasteiger partial charge in [-0.2, -0.15) is 0 Å². The molecule has 0 saturated carbocycles. The molecule has 0 fully saturated rings. The lowest BCUT2D eigenvalue weighted by Crippen LogP contribution is -2.29. The van der Waals surface area contributed by atoms with Crippen molar-refractivity contribution in [1.29, 1.82) is 0 Å². The van der Waals surface area contributed by atoms with Gasteiger partial charge in [-0.3, -0.25) is 0 Å². The largest absolute Gasteiger partial charge is 0.388 e. The van der Waals surface area contributed by atoms with Crippen molar-refractivity contribution in [1.82, 2.24) is 4.72 Å². The van der Waals surface area contributed by atoms with E-state index in [0.717, 1.165) is 5.56 Å². The number of hydrogen-bond acceptors (Lipinski definition) is 3. The SMILES string of the molecule is CC(C)(C)CCS(=O)(=O)NCCC(O)c1ccccc1. The summed E-state index contributed by atoms with van der Waals surface area (Å²) in [7, 11) is -3.25. The third-order valence-electron chi connectivity index (χ3n) is 3.04. The van der Waals surface area contributed by atoms with Gasteiger partial charge < -0.3 is 5.11 Å². The Morgan fingerprint density at radius 2 is 1.80 bits per heavy atom. The van der Waals surface area contributed by atoms with E-state index in [-0.39, 0.29) is 17.7 Å². The number of aliphatic hydroxyl groups excluding tert-OH is 1. The Bertz CT molecular complexity index is 492. The summed E-state index contributed by atoms with van der Waals surface area (Å²) in [6.45, 7) is 6.30. The van der Waals surface area contributed by atoms with Crippen LogP contribution in [0.2, 0.25) is 0 Å². The van der Waals surface area contributed by atoms with E-state index in [1.807, 2.05) is 51.1 Å². The van der Waals surface area contributed by atoms with Gasteiger partial charge in [-0.1, -0.05) is 51.1 Å². The highest BCUT2D eigenvalue weighted by Gasteiger charge is 2.17. The molecule has 20 heavy (non-hydrogen) atoms.